The first-order valence-electron chi connectivity index (χ1n) is 9.65. The number of carbonyl (C=O) groups is 1. The topological polar surface area (TPSA) is 71.0 Å². The van der Waals surface area contributed by atoms with Crippen LogP contribution in [0.2, 0.25) is 0 Å². The molecule has 0 spiro atoms. The number of hydrogen-bond acceptors (Lipinski definition) is 3. The lowest BCUT2D eigenvalue weighted by Gasteiger charge is -2.32. The minimum absolute atomic E-state index is 0.0404. The van der Waals surface area contributed by atoms with E-state index in [0.717, 1.165) is 29.4 Å². The average molecular weight is 362 g/mol. The van der Waals surface area contributed by atoms with Gasteiger partial charge in [-0.05, 0) is 55.3 Å². The van der Waals surface area contributed by atoms with Crippen molar-refractivity contribution in [3.63, 3.8) is 0 Å². The maximum Gasteiger partial charge on any atom is 0.267 e. The molecule has 1 saturated carbocycles. The number of fused-ring (bicyclic) bond motifs is 1. The number of nitrogens with one attached hydrogen (secondary N) is 1. The lowest BCUT2D eigenvalue weighted by molar-refractivity contribution is 0.0688. The molecule has 2 fully saturated rings. The van der Waals surface area contributed by atoms with Crippen molar-refractivity contribution in [3.8, 4) is 0 Å². The minimum atomic E-state index is -0.0404. The monoisotopic (exact) mass is 362 g/mol. The molecule has 3 heterocycles. The Morgan fingerprint density at radius 2 is 1.85 bits per heavy atom. The van der Waals surface area contributed by atoms with Gasteiger partial charge in [-0.2, -0.15) is 5.10 Å². The summed E-state index contributed by atoms with van der Waals surface area (Å²) in [6.45, 7) is 1.29. The molecule has 2 aliphatic rings. The molecule has 0 radical (unpaired) electrons. The molecule has 1 saturated heterocycles. The van der Waals surface area contributed by atoms with Crippen molar-refractivity contribution in [1.82, 2.24) is 19.7 Å². The Hall–Kier alpha value is -2.89. The predicted molar refractivity (Wildman–Crippen MR) is 103 cm³/mol. The van der Waals surface area contributed by atoms with Crippen LogP contribution in [0.1, 0.15) is 53.7 Å². The van der Waals surface area contributed by atoms with Crippen LogP contribution >= 0.6 is 0 Å². The van der Waals surface area contributed by atoms with Crippen LogP contribution in [0.4, 0.5) is 0 Å². The zero-order valence-electron chi connectivity index (χ0n) is 15.1. The van der Waals surface area contributed by atoms with Crippen molar-refractivity contribution in [3.05, 3.63) is 64.2 Å². The molecule has 1 aliphatic heterocycles. The normalized spacial score (nSPS) is 18.1. The highest BCUT2D eigenvalue weighted by Crippen LogP contribution is 2.38. The molecule has 0 atom stereocenters. The van der Waals surface area contributed by atoms with Gasteiger partial charge in [-0.1, -0.05) is 6.07 Å². The summed E-state index contributed by atoms with van der Waals surface area (Å²) in [5, 5.41) is 5.71. The van der Waals surface area contributed by atoms with Crippen LogP contribution in [0.15, 0.2) is 47.4 Å². The van der Waals surface area contributed by atoms with E-state index in [9.17, 15) is 9.59 Å². The minimum Gasteiger partial charge on any atom is -0.361 e. The van der Waals surface area contributed by atoms with Gasteiger partial charge in [-0.3, -0.25) is 9.59 Å². The van der Waals surface area contributed by atoms with Crippen LogP contribution in [0.5, 0.6) is 0 Å². The van der Waals surface area contributed by atoms with Crippen molar-refractivity contribution in [2.75, 3.05) is 13.1 Å². The van der Waals surface area contributed by atoms with Gasteiger partial charge in [0.2, 0.25) is 0 Å². The number of carbonyl (C=O) groups excluding carboxylic acids is 1. The Morgan fingerprint density at radius 3 is 2.63 bits per heavy atom. The van der Waals surface area contributed by atoms with Gasteiger partial charge in [0, 0.05) is 42.4 Å². The molecule has 27 heavy (non-hydrogen) atoms. The van der Waals surface area contributed by atoms with Gasteiger partial charge in [0.05, 0.1) is 11.7 Å². The SMILES string of the molecule is O=C(c1ccc2cc[nH]c2c1)N1CCC(n2nc(C3CC3)ccc2=O)CC1. The third-order valence-electron chi connectivity index (χ3n) is 5.74. The first-order chi connectivity index (χ1) is 13.2. The number of likely N-dealkylation sites (tertiary alicyclic amines) is 1. The van der Waals surface area contributed by atoms with E-state index >= 15 is 0 Å². The van der Waals surface area contributed by atoms with Crippen molar-refractivity contribution in [2.24, 2.45) is 0 Å². The Balaban J connectivity index is 1.30. The first kappa shape index (κ1) is 16.3. The van der Waals surface area contributed by atoms with Crippen molar-refractivity contribution in [1.29, 1.82) is 0 Å². The van der Waals surface area contributed by atoms with Crippen molar-refractivity contribution in [2.45, 2.75) is 37.6 Å². The van der Waals surface area contributed by atoms with Gasteiger partial charge < -0.3 is 9.88 Å². The van der Waals surface area contributed by atoms with E-state index in [-0.39, 0.29) is 17.5 Å². The molecule has 6 nitrogen and oxygen atoms in total. The van der Waals surface area contributed by atoms with Gasteiger partial charge in [-0.15, -0.1) is 0 Å². The number of H-pyrrole nitrogens is 1. The summed E-state index contributed by atoms with van der Waals surface area (Å²) in [5.41, 5.74) is 2.67. The van der Waals surface area contributed by atoms with Crippen LogP contribution in [0, 0.1) is 0 Å². The number of hydrogen-bond donors (Lipinski definition) is 1. The fourth-order valence-electron chi connectivity index (χ4n) is 3.98. The number of nitrogens with zero attached hydrogens (tertiary/aromatic N) is 3. The second kappa shape index (κ2) is 6.37. The Kier molecular flexibility index (Phi) is 3.85. The second-order valence-corrected chi connectivity index (χ2v) is 7.62. The van der Waals surface area contributed by atoms with Crippen molar-refractivity contribution < 1.29 is 4.79 Å². The number of aromatic nitrogens is 3. The van der Waals surface area contributed by atoms with E-state index in [0.29, 0.717) is 24.6 Å². The molecule has 1 aromatic carbocycles. The lowest BCUT2D eigenvalue weighted by atomic mass is 10.0. The summed E-state index contributed by atoms with van der Waals surface area (Å²) < 4.78 is 1.65. The molecule has 1 aliphatic carbocycles. The summed E-state index contributed by atoms with van der Waals surface area (Å²) >= 11 is 0. The highest BCUT2D eigenvalue weighted by Gasteiger charge is 2.29. The quantitative estimate of drug-likeness (QED) is 0.778. The highest BCUT2D eigenvalue weighted by atomic mass is 16.2. The molecular weight excluding hydrogens is 340 g/mol. The largest absolute Gasteiger partial charge is 0.361 e. The van der Waals surface area contributed by atoms with E-state index in [1.54, 1.807) is 10.7 Å². The summed E-state index contributed by atoms with van der Waals surface area (Å²) in [7, 11) is 0. The molecule has 138 valence electrons. The van der Waals surface area contributed by atoms with Gasteiger partial charge >= 0.3 is 0 Å². The summed E-state index contributed by atoms with van der Waals surface area (Å²) in [6, 6.07) is 11.3. The molecule has 0 unspecified atom stereocenters. The second-order valence-electron chi connectivity index (χ2n) is 7.62. The Labute approximate surface area is 156 Å². The fraction of sp³-hybridized carbons (Fsp3) is 0.381. The van der Waals surface area contributed by atoms with Crippen LogP contribution in [-0.4, -0.2) is 38.7 Å². The molecule has 1 N–H and O–H groups in total. The standard InChI is InChI=1S/C21H22N4O2/c26-20-6-5-18(14-1-2-14)23-25(20)17-8-11-24(12-9-17)21(27)16-4-3-15-7-10-22-19(15)13-16/h3-7,10,13-14,17,22H,1-2,8-9,11-12H2. The van der Waals surface area contributed by atoms with Crippen LogP contribution in [0.25, 0.3) is 10.9 Å². The summed E-state index contributed by atoms with van der Waals surface area (Å²) in [4.78, 5) is 30.2. The lowest BCUT2D eigenvalue weighted by Crippen LogP contribution is -2.41. The van der Waals surface area contributed by atoms with Gasteiger partial charge in [0.15, 0.2) is 0 Å². The van der Waals surface area contributed by atoms with E-state index in [2.05, 4.69) is 10.1 Å². The van der Waals surface area contributed by atoms with E-state index in [1.807, 2.05) is 41.4 Å². The smallest absolute Gasteiger partial charge is 0.267 e. The highest BCUT2D eigenvalue weighted by molar-refractivity contribution is 5.98. The maximum atomic E-state index is 12.9. The molecular formula is C21H22N4O2. The Bertz CT molecular complexity index is 1060. The van der Waals surface area contributed by atoms with Gasteiger partial charge in [0.25, 0.3) is 11.5 Å². The van der Waals surface area contributed by atoms with E-state index < -0.39 is 0 Å². The Morgan fingerprint density at radius 1 is 1.04 bits per heavy atom. The average Bonchev–Trinajstić information content (AvgIpc) is 3.45. The van der Waals surface area contributed by atoms with E-state index in [1.165, 1.54) is 12.8 Å². The van der Waals surface area contributed by atoms with Crippen LogP contribution in [0.3, 0.4) is 0 Å². The van der Waals surface area contributed by atoms with Gasteiger partial charge in [-0.25, -0.2) is 4.68 Å². The molecule has 3 aromatic rings. The zero-order chi connectivity index (χ0) is 18.4. The summed E-state index contributed by atoms with van der Waals surface area (Å²) in [6.07, 6.45) is 5.74. The number of rotatable bonds is 3. The van der Waals surface area contributed by atoms with E-state index in [4.69, 9.17) is 0 Å². The maximum absolute atomic E-state index is 12.9. The van der Waals surface area contributed by atoms with Crippen LogP contribution in [-0.2, 0) is 0 Å². The van der Waals surface area contributed by atoms with Crippen molar-refractivity contribution >= 4 is 16.8 Å². The number of benzene rings is 1. The van der Waals surface area contributed by atoms with Crippen LogP contribution < -0.4 is 5.56 Å². The summed E-state index contributed by atoms with van der Waals surface area (Å²) in [5.74, 6) is 0.582. The molecule has 6 heteroatoms. The molecule has 0 bridgehead atoms. The number of amides is 1. The first-order valence-corrected chi connectivity index (χ1v) is 9.65. The number of piperidine rings is 1. The molecule has 1 amide bonds. The molecule has 5 rings (SSSR count). The third kappa shape index (κ3) is 3.05. The predicted octanol–water partition coefficient (Wildman–Crippen LogP) is 3.08. The molecule has 2 aromatic heterocycles. The zero-order valence-corrected chi connectivity index (χ0v) is 15.1. The fourth-order valence-corrected chi connectivity index (χ4v) is 3.98. The number of aromatic amines is 1. The van der Waals surface area contributed by atoms with Gasteiger partial charge in [0.1, 0.15) is 0 Å². The third-order valence-corrected chi connectivity index (χ3v) is 5.74.